The van der Waals surface area contributed by atoms with Crippen molar-refractivity contribution in [3.05, 3.63) is 0 Å². The Morgan fingerprint density at radius 2 is 2.07 bits per heavy atom. The number of rotatable bonds is 4. The van der Waals surface area contributed by atoms with Crippen LogP contribution in [0, 0.1) is 5.92 Å². The summed E-state index contributed by atoms with van der Waals surface area (Å²) < 4.78 is 16.0. The molecule has 0 aromatic carbocycles. The third-order valence-electron chi connectivity index (χ3n) is 3.03. The maximum absolute atomic E-state index is 5.45. The Hall–Kier alpha value is -0.160. The zero-order valence-corrected chi connectivity index (χ0v) is 9.24. The van der Waals surface area contributed by atoms with Gasteiger partial charge in [-0.2, -0.15) is 0 Å². The fourth-order valence-corrected chi connectivity index (χ4v) is 2.08. The number of ether oxygens (including phenoxy) is 3. The van der Waals surface area contributed by atoms with Crippen molar-refractivity contribution >= 4 is 0 Å². The minimum absolute atomic E-state index is 0.336. The lowest BCUT2D eigenvalue weighted by atomic mass is 10.0. The van der Waals surface area contributed by atoms with E-state index in [1.165, 1.54) is 12.8 Å². The Kier molecular flexibility index (Phi) is 4.86. The molecule has 0 radical (unpaired) electrons. The molecule has 0 bridgehead atoms. The standard InChI is InChI=1S/C11H21NO3/c1-2-10(8-13-4-1)6-12-7-11-3-5-14-9-15-11/h10-12H,1-9H2. The van der Waals surface area contributed by atoms with Crippen molar-refractivity contribution in [2.24, 2.45) is 5.92 Å². The third kappa shape index (κ3) is 4.07. The Morgan fingerprint density at radius 3 is 2.80 bits per heavy atom. The van der Waals surface area contributed by atoms with E-state index in [-0.39, 0.29) is 0 Å². The topological polar surface area (TPSA) is 39.7 Å². The second-order valence-corrected chi connectivity index (χ2v) is 4.34. The molecule has 15 heavy (non-hydrogen) atoms. The molecule has 0 saturated carbocycles. The van der Waals surface area contributed by atoms with Gasteiger partial charge in [-0.25, -0.2) is 0 Å². The van der Waals surface area contributed by atoms with Gasteiger partial charge in [0.15, 0.2) is 0 Å². The van der Waals surface area contributed by atoms with E-state index in [1.807, 2.05) is 0 Å². The summed E-state index contributed by atoms with van der Waals surface area (Å²) in [5, 5.41) is 3.46. The van der Waals surface area contributed by atoms with E-state index in [2.05, 4.69) is 5.32 Å². The molecule has 2 atom stereocenters. The second-order valence-electron chi connectivity index (χ2n) is 4.34. The molecule has 2 unspecified atom stereocenters. The van der Waals surface area contributed by atoms with Crippen molar-refractivity contribution < 1.29 is 14.2 Å². The molecule has 2 fully saturated rings. The summed E-state index contributed by atoms with van der Waals surface area (Å²) in [6, 6.07) is 0. The number of hydrogen-bond donors (Lipinski definition) is 1. The van der Waals surface area contributed by atoms with E-state index in [0.717, 1.165) is 39.3 Å². The van der Waals surface area contributed by atoms with E-state index >= 15 is 0 Å². The van der Waals surface area contributed by atoms with Crippen LogP contribution in [0.2, 0.25) is 0 Å². The van der Waals surface area contributed by atoms with Crippen LogP contribution in [0.25, 0.3) is 0 Å². The van der Waals surface area contributed by atoms with Gasteiger partial charge in [0.1, 0.15) is 6.79 Å². The number of hydrogen-bond acceptors (Lipinski definition) is 4. The first-order valence-electron chi connectivity index (χ1n) is 5.93. The average Bonchev–Trinajstić information content (AvgIpc) is 2.32. The highest BCUT2D eigenvalue weighted by Gasteiger charge is 2.16. The van der Waals surface area contributed by atoms with Gasteiger partial charge in [0, 0.05) is 19.7 Å². The van der Waals surface area contributed by atoms with Gasteiger partial charge in [-0.05, 0) is 25.2 Å². The smallest absolute Gasteiger partial charge is 0.147 e. The zero-order chi connectivity index (χ0) is 10.3. The van der Waals surface area contributed by atoms with Crippen molar-refractivity contribution in [2.45, 2.75) is 25.4 Å². The van der Waals surface area contributed by atoms with E-state index in [0.29, 0.717) is 18.8 Å². The van der Waals surface area contributed by atoms with Crippen LogP contribution in [0.1, 0.15) is 19.3 Å². The van der Waals surface area contributed by atoms with Crippen molar-refractivity contribution in [3.8, 4) is 0 Å². The molecule has 0 aromatic rings. The van der Waals surface area contributed by atoms with Crippen LogP contribution < -0.4 is 5.32 Å². The molecule has 2 aliphatic heterocycles. The summed E-state index contributed by atoms with van der Waals surface area (Å²) in [4.78, 5) is 0. The number of nitrogens with one attached hydrogen (secondary N) is 1. The summed E-state index contributed by atoms with van der Waals surface area (Å²) in [7, 11) is 0. The quantitative estimate of drug-likeness (QED) is 0.752. The van der Waals surface area contributed by atoms with Crippen LogP contribution in [0.5, 0.6) is 0 Å². The molecule has 4 nitrogen and oxygen atoms in total. The molecule has 2 heterocycles. The van der Waals surface area contributed by atoms with Crippen LogP contribution in [0.15, 0.2) is 0 Å². The van der Waals surface area contributed by atoms with Gasteiger partial charge in [-0.3, -0.25) is 0 Å². The first kappa shape index (κ1) is 11.3. The molecule has 1 N–H and O–H groups in total. The zero-order valence-electron chi connectivity index (χ0n) is 9.24. The Morgan fingerprint density at radius 1 is 1.07 bits per heavy atom. The predicted octanol–water partition coefficient (Wildman–Crippen LogP) is 0.766. The van der Waals surface area contributed by atoms with E-state index in [1.54, 1.807) is 0 Å². The summed E-state index contributed by atoms with van der Waals surface area (Å²) >= 11 is 0. The van der Waals surface area contributed by atoms with Gasteiger partial charge in [0.2, 0.25) is 0 Å². The maximum atomic E-state index is 5.45. The molecule has 0 aliphatic carbocycles. The van der Waals surface area contributed by atoms with Crippen LogP contribution >= 0.6 is 0 Å². The fraction of sp³-hybridized carbons (Fsp3) is 1.00. The molecule has 4 heteroatoms. The lowest BCUT2D eigenvalue weighted by Gasteiger charge is -2.26. The molecule has 2 saturated heterocycles. The minimum atomic E-state index is 0.336. The largest absolute Gasteiger partial charge is 0.381 e. The summed E-state index contributed by atoms with van der Waals surface area (Å²) in [6.07, 6.45) is 3.85. The molecule has 0 spiro atoms. The normalized spacial score (nSPS) is 32.8. The minimum Gasteiger partial charge on any atom is -0.381 e. The molecule has 0 aromatic heterocycles. The molecule has 2 rings (SSSR count). The lowest BCUT2D eigenvalue weighted by Crippen LogP contribution is -2.37. The van der Waals surface area contributed by atoms with Crippen LogP contribution in [0.4, 0.5) is 0 Å². The average molecular weight is 215 g/mol. The van der Waals surface area contributed by atoms with Gasteiger partial charge in [0.25, 0.3) is 0 Å². The van der Waals surface area contributed by atoms with Crippen LogP contribution in [-0.2, 0) is 14.2 Å². The molecule has 88 valence electrons. The Labute approximate surface area is 91.3 Å². The van der Waals surface area contributed by atoms with Gasteiger partial charge in [0.05, 0.1) is 19.3 Å². The highest BCUT2D eigenvalue weighted by molar-refractivity contribution is 4.69. The first-order valence-corrected chi connectivity index (χ1v) is 5.93. The van der Waals surface area contributed by atoms with Gasteiger partial charge in [-0.1, -0.05) is 0 Å². The summed E-state index contributed by atoms with van der Waals surface area (Å²) in [5.74, 6) is 0.693. The highest BCUT2D eigenvalue weighted by atomic mass is 16.7. The lowest BCUT2D eigenvalue weighted by molar-refractivity contribution is -0.137. The Bertz CT molecular complexity index is 147. The van der Waals surface area contributed by atoms with Gasteiger partial charge < -0.3 is 19.5 Å². The van der Waals surface area contributed by atoms with E-state index in [4.69, 9.17) is 14.2 Å². The summed E-state index contributed by atoms with van der Waals surface area (Å²) in [5.41, 5.74) is 0. The molecular formula is C11H21NO3. The SMILES string of the molecule is C1COCC(CNCC2CCOCO2)C1. The van der Waals surface area contributed by atoms with E-state index in [9.17, 15) is 0 Å². The molecule has 0 amide bonds. The van der Waals surface area contributed by atoms with Crippen molar-refractivity contribution in [3.63, 3.8) is 0 Å². The summed E-state index contributed by atoms with van der Waals surface area (Å²) in [6.45, 7) is 5.15. The van der Waals surface area contributed by atoms with Crippen molar-refractivity contribution in [1.29, 1.82) is 0 Å². The third-order valence-corrected chi connectivity index (χ3v) is 3.03. The van der Waals surface area contributed by atoms with Crippen molar-refractivity contribution in [2.75, 3.05) is 39.7 Å². The second kappa shape index (κ2) is 6.43. The van der Waals surface area contributed by atoms with Crippen LogP contribution in [0.3, 0.4) is 0 Å². The van der Waals surface area contributed by atoms with Gasteiger partial charge in [-0.15, -0.1) is 0 Å². The molecule has 2 aliphatic rings. The fourth-order valence-electron chi connectivity index (χ4n) is 2.08. The van der Waals surface area contributed by atoms with Gasteiger partial charge >= 0.3 is 0 Å². The first-order chi connectivity index (χ1) is 7.45. The predicted molar refractivity (Wildman–Crippen MR) is 56.7 cm³/mol. The monoisotopic (exact) mass is 215 g/mol. The van der Waals surface area contributed by atoms with Crippen molar-refractivity contribution in [1.82, 2.24) is 5.32 Å². The van der Waals surface area contributed by atoms with Crippen LogP contribution in [-0.4, -0.2) is 45.8 Å². The Balaban J connectivity index is 1.53. The maximum Gasteiger partial charge on any atom is 0.147 e. The molecular weight excluding hydrogens is 194 g/mol. The van der Waals surface area contributed by atoms with E-state index < -0.39 is 0 Å². The highest BCUT2D eigenvalue weighted by Crippen LogP contribution is 2.12.